The molecule has 0 aliphatic rings. The Bertz CT molecular complexity index is 413. The predicted octanol–water partition coefficient (Wildman–Crippen LogP) is 3.38. The summed E-state index contributed by atoms with van der Waals surface area (Å²) in [5, 5.41) is 9.06. The van der Waals surface area contributed by atoms with E-state index in [1.807, 2.05) is 0 Å². The van der Waals surface area contributed by atoms with Gasteiger partial charge in [0.25, 0.3) is 0 Å². The van der Waals surface area contributed by atoms with E-state index in [4.69, 9.17) is 5.11 Å². The number of phenols is 1. The van der Waals surface area contributed by atoms with Crippen molar-refractivity contribution in [1.82, 2.24) is 0 Å². The van der Waals surface area contributed by atoms with Crippen LogP contribution in [0.25, 0.3) is 0 Å². The Morgan fingerprint density at radius 2 is 1.93 bits per heavy atom. The number of rotatable bonds is 1. The largest absolute Gasteiger partial charge is 0.508 e. The lowest BCUT2D eigenvalue weighted by atomic mass is 10.1. The number of Topliss-reactive ketones (excluding diaryl/α,β-unsaturated/α-hetero) is 1. The number of hydrogen-bond donors (Lipinski definition) is 1. The van der Waals surface area contributed by atoms with Gasteiger partial charge >= 0.3 is 6.18 Å². The monoisotopic (exact) mass is 282 g/mol. The first-order chi connectivity index (χ1) is 6.73. The molecule has 0 atom stereocenters. The molecule has 6 heteroatoms. The fourth-order valence-corrected chi connectivity index (χ4v) is 1.80. The summed E-state index contributed by atoms with van der Waals surface area (Å²) in [6, 6.07) is 1.55. The molecule has 0 spiro atoms. The van der Waals surface area contributed by atoms with Crippen molar-refractivity contribution in [3.63, 3.8) is 0 Å². The zero-order valence-corrected chi connectivity index (χ0v) is 9.11. The van der Waals surface area contributed by atoms with Gasteiger partial charge in [0.1, 0.15) is 5.75 Å². The van der Waals surface area contributed by atoms with Crippen molar-refractivity contribution in [1.29, 1.82) is 0 Å². The molecule has 0 fully saturated rings. The second kappa shape index (κ2) is 3.84. The molecule has 1 N–H and O–H groups in total. The number of aromatic hydroxyl groups is 1. The molecule has 0 saturated carbocycles. The molecule has 1 rings (SSSR count). The standard InChI is InChI=1S/C9H6BrF3O2/c1-4(14)6-2-5(15)3-7(8(6)10)9(11,12)13/h2-3,15H,1H3. The number of carbonyl (C=O) groups excluding carboxylic acids is 1. The van der Waals surface area contributed by atoms with Crippen LogP contribution < -0.4 is 0 Å². The molecule has 15 heavy (non-hydrogen) atoms. The van der Waals surface area contributed by atoms with E-state index in [0.717, 1.165) is 13.0 Å². The summed E-state index contributed by atoms with van der Waals surface area (Å²) in [5.74, 6) is -1.14. The molecule has 0 saturated heterocycles. The van der Waals surface area contributed by atoms with Gasteiger partial charge in [0.05, 0.1) is 5.56 Å². The van der Waals surface area contributed by atoms with Crippen molar-refractivity contribution in [2.75, 3.05) is 0 Å². The van der Waals surface area contributed by atoms with Gasteiger partial charge in [-0.1, -0.05) is 0 Å². The summed E-state index contributed by atoms with van der Waals surface area (Å²) < 4.78 is 36.9. The zero-order valence-electron chi connectivity index (χ0n) is 7.52. The fourth-order valence-electron chi connectivity index (χ4n) is 1.07. The van der Waals surface area contributed by atoms with Crippen LogP contribution in [0.2, 0.25) is 0 Å². The summed E-state index contributed by atoms with van der Waals surface area (Å²) in [6.45, 7) is 1.12. The van der Waals surface area contributed by atoms with Gasteiger partial charge in [0.2, 0.25) is 0 Å². The average Bonchev–Trinajstić information content (AvgIpc) is 2.06. The highest BCUT2D eigenvalue weighted by Gasteiger charge is 2.34. The lowest BCUT2D eigenvalue weighted by Gasteiger charge is -2.11. The summed E-state index contributed by atoms with van der Waals surface area (Å²) >= 11 is 2.70. The number of hydrogen-bond acceptors (Lipinski definition) is 2. The number of halogens is 4. The fraction of sp³-hybridized carbons (Fsp3) is 0.222. The maximum absolute atomic E-state index is 12.4. The average molecular weight is 283 g/mol. The molecule has 82 valence electrons. The third-order valence-electron chi connectivity index (χ3n) is 1.74. The molecular weight excluding hydrogens is 277 g/mol. The van der Waals surface area contributed by atoms with Crippen LogP contribution in [-0.4, -0.2) is 10.9 Å². The van der Waals surface area contributed by atoms with Crippen molar-refractivity contribution in [2.24, 2.45) is 0 Å². The van der Waals surface area contributed by atoms with Gasteiger partial charge in [-0.2, -0.15) is 13.2 Å². The minimum absolute atomic E-state index is 0.192. The second-order valence-corrected chi connectivity index (χ2v) is 3.70. The summed E-state index contributed by atoms with van der Waals surface area (Å²) in [5.41, 5.74) is -1.25. The predicted molar refractivity (Wildman–Crippen MR) is 50.8 cm³/mol. The van der Waals surface area contributed by atoms with Crippen molar-refractivity contribution in [2.45, 2.75) is 13.1 Å². The SMILES string of the molecule is CC(=O)c1cc(O)cc(C(F)(F)F)c1Br. The molecule has 0 aliphatic heterocycles. The lowest BCUT2D eigenvalue weighted by molar-refractivity contribution is -0.138. The van der Waals surface area contributed by atoms with E-state index in [0.29, 0.717) is 6.07 Å². The van der Waals surface area contributed by atoms with Gasteiger partial charge in [-0.25, -0.2) is 0 Å². The van der Waals surface area contributed by atoms with E-state index in [1.54, 1.807) is 0 Å². The summed E-state index contributed by atoms with van der Waals surface area (Å²) in [7, 11) is 0. The van der Waals surface area contributed by atoms with E-state index in [9.17, 15) is 18.0 Å². The number of carbonyl (C=O) groups is 1. The van der Waals surface area contributed by atoms with E-state index >= 15 is 0 Å². The van der Waals surface area contributed by atoms with Crippen LogP contribution in [-0.2, 0) is 6.18 Å². The molecule has 0 unspecified atom stereocenters. The third-order valence-corrected chi connectivity index (χ3v) is 2.60. The molecule has 0 amide bonds. The van der Waals surface area contributed by atoms with Gasteiger partial charge in [-0.05, 0) is 35.0 Å². The molecule has 0 aliphatic carbocycles. The summed E-state index contributed by atoms with van der Waals surface area (Å²) in [4.78, 5) is 11.0. The molecule has 0 aromatic heterocycles. The Morgan fingerprint density at radius 1 is 1.40 bits per heavy atom. The Morgan fingerprint density at radius 3 is 2.33 bits per heavy atom. The Kier molecular flexibility index (Phi) is 3.08. The van der Waals surface area contributed by atoms with E-state index in [1.165, 1.54) is 0 Å². The topological polar surface area (TPSA) is 37.3 Å². The highest BCUT2D eigenvalue weighted by Crippen LogP contribution is 2.38. The van der Waals surface area contributed by atoms with E-state index < -0.39 is 23.3 Å². The molecule has 0 radical (unpaired) electrons. The van der Waals surface area contributed by atoms with E-state index in [-0.39, 0.29) is 10.0 Å². The van der Waals surface area contributed by atoms with Gasteiger partial charge in [-0.3, -0.25) is 4.79 Å². The van der Waals surface area contributed by atoms with Crippen LogP contribution in [0.3, 0.4) is 0 Å². The van der Waals surface area contributed by atoms with Crippen LogP contribution in [0.1, 0.15) is 22.8 Å². The highest BCUT2D eigenvalue weighted by molar-refractivity contribution is 9.10. The smallest absolute Gasteiger partial charge is 0.417 e. The molecule has 1 aromatic carbocycles. The second-order valence-electron chi connectivity index (χ2n) is 2.91. The zero-order chi connectivity index (χ0) is 11.8. The van der Waals surface area contributed by atoms with Crippen LogP contribution >= 0.6 is 15.9 Å². The molecule has 1 aromatic rings. The van der Waals surface area contributed by atoms with Crippen molar-refractivity contribution in [3.8, 4) is 5.75 Å². The number of phenolic OH excluding ortho intramolecular Hbond substituents is 1. The first-order valence-electron chi connectivity index (χ1n) is 3.84. The normalized spacial score (nSPS) is 11.5. The van der Waals surface area contributed by atoms with Crippen LogP contribution in [0.15, 0.2) is 16.6 Å². The maximum Gasteiger partial charge on any atom is 0.417 e. The Hall–Kier alpha value is -1.04. The van der Waals surface area contributed by atoms with Gasteiger partial charge < -0.3 is 5.11 Å². The third kappa shape index (κ3) is 2.50. The first kappa shape index (κ1) is 12.0. The molecule has 0 bridgehead atoms. The van der Waals surface area contributed by atoms with E-state index in [2.05, 4.69) is 15.9 Å². The summed E-state index contributed by atoms with van der Waals surface area (Å²) in [6.07, 6.45) is -4.61. The maximum atomic E-state index is 12.4. The minimum Gasteiger partial charge on any atom is -0.508 e. The molecular formula is C9H6BrF3O2. The van der Waals surface area contributed by atoms with Gasteiger partial charge in [-0.15, -0.1) is 0 Å². The van der Waals surface area contributed by atoms with Crippen LogP contribution in [0.5, 0.6) is 5.75 Å². The van der Waals surface area contributed by atoms with Crippen LogP contribution in [0, 0.1) is 0 Å². The number of benzene rings is 1. The van der Waals surface area contributed by atoms with Gasteiger partial charge in [0, 0.05) is 10.0 Å². The molecule has 2 nitrogen and oxygen atoms in total. The van der Waals surface area contributed by atoms with Crippen molar-refractivity contribution >= 4 is 21.7 Å². The highest BCUT2D eigenvalue weighted by atomic mass is 79.9. The quantitative estimate of drug-likeness (QED) is 0.802. The van der Waals surface area contributed by atoms with Gasteiger partial charge in [0.15, 0.2) is 5.78 Å². The molecule has 0 heterocycles. The number of alkyl halides is 3. The number of ketones is 1. The lowest BCUT2D eigenvalue weighted by Crippen LogP contribution is -2.08. The Balaban J connectivity index is 3.49. The minimum atomic E-state index is -4.61. The van der Waals surface area contributed by atoms with Crippen molar-refractivity contribution in [3.05, 3.63) is 27.7 Å². The first-order valence-corrected chi connectivity index (χ1v) is 4.63. The van der Waals surface area contributed by atoms with Crippen LogP contribution in [0.4, 0.5) is 13.2 Å². The Labute approximate surface area is 91.8 Å². The van der Waals surface area contributed by atoms with Crippen molar-refractivity contribution < 1.29 is 23.1 Å².